The smallest absolute Gasteiger partial charge is 0.216 e. The lowest BCUT2D eigenvalue weighted by Gasteiger charge is -2.40. The molecule has 4 nitrogen and oxygen atoms in total. The third-order valence-corrected chi connectivity index (χ3v) is 9.18. The first-order valence-electron chi connectivity index (χ1n) is 13.7. The quantitative estimate of drug-likeness (QED) is 0.264. The molecule has 0 aromatic heterocycles. The predicted molar refractivity (Wildman–Crippen MR) is 171 cm³/mol. The van der Waals surface area contributed by atoms with Gasteiger partial charge in [-0.15, -0.1) is 25.3 Å². The summed E-state index contributed by atoms with van der Waals surface area (Å²) in [5.41, 5.74) is 6.17. The molecule has 216 valence electrons. The molecule has 0 fully saturated rings. The van der Waals surface area contributed by atoms with Crippen LogP contribution in [0, 0.1) is 39.0 Å². The van der Waals surface area contributed by atoms with E-state index in [1.54, 1.807) is 12.2 Å². The lowest BCUT2D eigenvalue weighted by atomic mass is 9.63. The molecule has 0 spiro atoms. The Morgan fingerprint density at radius 2 is 1.18 bits per heavy atom. The lowest BCUT2D eigenvalue weighted by molar-refractivity contribution is -0.115. The number of thiol groups is 2. The topological polar surface area (TPSA) is 74.6 Å². The molecule has 2 N–H and O–H groups in total. The van der Waals surface area contributed by atoms with E-state index in [0.29, 0.717) is 18.4 Å². The number of rotatable bonds is 6. The number of benzene rings is 2. The molecule has 40 heavy (non-hydrogen) atoms. The van der Waals surface area contributed by atoms with Crippen molar-refractivity contribution in [2.45, 2.75) is 92.9 Å². The average Bonchev–Trinajstić information content (AvgIpc) is 2.82. The maximum atomic E-state index is 13.1. The first-order chi connectivity index (χ1) is 18.2. The van der Waals surface area contributed by atoms with E-state index in [0.717, 1.165) is 44.5 Å². The number of carbonyl (C=O) groups is 2. The van der Waals surface area contributed by atoms with Gasteiger partial charge in [-0.1, -0.05) is 71.9 Å². The van der Waals surface area contributed by atoms with Gasteiger partial charge in [0, 0.05) is 11.0 Å². The predicted octanol–water partition coefficient (Wildman–Crippen LogP) is 7.72. The molecule has 0 radical (unpaired) electrons. The minimum absolute atomic E-state index is 0.286. The highest BCUT2D eigenvalue weighted by Crippen LogP contribution is 2.47. The van der Waals surface area contributed by atoms with E-state index in [1.165, 1.54) is 0 Å². The number of aromatic hydroxyl groups is 2. The van der Waals surface area contributed by atoms with Crippen molar-refractivity contribution >= 4 is 35.5 Å². The molecular formula is C34H44O4S2. The van der Waals surface area contributed by atoms with Crippen LogP contribution < -0.4 is 0 Å². The number of allylic oxidation sites excluding steroid dienone is 3. The van der Waals surface area contributed by atoms with Crippen LogP contribution >= 0.6 is 25.3 Å². The van der Waals surface area contributed by atoms with E-state index in [2.05, 4.69) is 66.8 Å². The highest BCUT2D eigenvalue weighted by molar-refractivity contribution is 7.97. The number of carbonyl (C=O) groups excluding carboxylic acids is 2. The molecule has 1 unspecified atom stereocenters. The van der Waals surface area contributed by atoms with Crippen LogP contribution in [0.2, 0.25) is 0 Å². The summed E-state index contributed by atoms with van der Waals surface area (Å²) in [6.45, 7) is 20.2. The van der Waals surface area contributed by atoms with E-state index in [4.69, 9.17) is 0 Å². The van der Waals surface area contributed by atoms with Crippen LogP contribution in [0.15, 0.2) is 35.9 Å². The van der Waals surface area contributed by atoms with Crippen molar-refractivity contribution in [3.8, 4) is 11.5 Å². The molecule has 2 aromatic rings. The van der Waals surface area contributed by atoms with Crippen molar-refractivity contribution < 1.29 is 19.8 Å². The zero-order valence-corrected chi connectivity index (χ0v) is 27.3. The number of phenols is 2. The second-order valence-electron chi connectivity index (χ2n) is 13.5. The van der Waals surface area contributed by atoms with Gasteiger partial charge in [-0.25, -0.2) is 0 Å². The third kappa shape index (κ3) is 6.08. The summed E-state index contributed by atoms with van der Waals surface area (Å²) in [5.74, 6) is -0.0324. The average molecular weight is 581 g/mol. The van der Waals surface area contributed by atoms with Gasteiger partial charge in [-0.2, -0.15) is 0 Å². The highest BCUT2D eigenvalue weighted by atomic mass is 32.1. The monoisotopic (exact) mass is 580 g/mol. The Morgan fingerprint density at radius 3 is 1.50 bits per heavy atom. The van der Waals surface area contributed by atoms with Crippen LogP contribution in [0.3, 0.4) is 0 Å². The van der Waals surface area contributed by atoms with Gasteiger partial charge < -0.3 is 10.2 Å². The maximum Gasteiger partial charge on any atom is 0.216 e. The lowest BCUT2D eigenvalue weighted by Crippen LogP contribution is -2.39. The number of hydrogen-bond acceptors (Lipinski definition) is 4. The molecule has 0 saturated heterocycles. The molecule has 0 heterocycles. The van der Waals surface area contributed by atoms with Crippen molar-refractivity contribution in [1.82, 2.24) is 0 Å². The minimum atomic E-state index is -0.839. The van der Waals surface area contributed by atoms with Crippen molar-refractivity contribution in [2.24, 2.45) is 11.3 Å². The Morgan fingerprint density at radius 1 is 0.775 bits per heavy atom. The standard InChI is InChI=1S/C34H44O4S2/c1-18-20(3)28(35)26(32(5,6)7)13-23(18)16-34(15-22(30(37)39)11-12-25(34)31(38)40)17-24-14-27(33(8,9)10)29(36)21(4)19(24)2/h11-15,25,35-36H,16-17H2,1-10H3,(H,37,39)(H,38,40). The van der Waals surface area contributed by atoms with Crippen molar-refractivity contribution in [1.29, 1.82) is 0 Å². The molecule has 0 bridgehead atoms. The fourth-order valence-electron chi connectivity index (χ4n) is 5.85. The zero-order valence-electron chi connectivity index (χ0n) is 25.5. The van der Waals surface area contributed by atoms with Crippen LogP contribution in [0.25, 0.3) is 0 Å². The Bertz CT molecular complexity index is 1350. The van der Waals surface area contributed by atoms with Gasteiger partial charge in [0.1, 0.15) is 11.5 Å². The maximum absolute atomic E-state index is 13.1. The van der Waals surface area contributed by atoms with Crippen molar-refractivity contribution in [2.75, 3.05) is 0 Å². The second kappa shape index (κ2) is 11.1. The third-order valence-electron chi connectivity index (χ3n) is 8.64. The minimum Gasteiger partial charge on any atom is -0.507 e. The Hall–Kier alpha value is -2.44. The fourth-order valence-corrected chi connectivity index (χ4v) is 6.33. The van der Waals surface area contributed by atoms with Crippen LogP contribution in [0.1, 0.15) is 86.1 Å². The van der Waals surface area contributed by atoms with Gasteiger partial charge in [0.05, 0.1) is 5.92 Å². The first-order valence-corrected chi connectivity index (χ1v) is 14.6. The van der Waals surface area contributed by atoms with Crippen molar-refractivity contribution in [3.05, 3.63) is 80.4 Å². The van der Waals surface area contributed by atoms with Gasteiger partial charge in [-0.3, -0.25) is 9.59 Å². The van der Waals surface area contributed by atoms with Gasteiger partial charge in [0.25, 0.3) is 0 Å². The summed E-state index contributed by atoms with van der Waals surface area (Å²) < 4.78 is 0. The van der Waals surface area contributed by atoms with Gasteiger partial charge in [0.15, 0.2) is 5.12 Å². The molecule has 1 atom stereocenters. The zero-order chi connectivity index (χ0) is 30.5. The molecular weight excluding hydrogens is 537 g/mol. The summed E-state index contributed by atoms with van der Waals surface area (Å²) in [6, 6.07) is 4.09. The van der Waals surface area contributed by atoms with Gasteiger partial charge in [0.2, 0.25) is 5.12 Å². The van der Waals surface area contributed by atoms with Crippen LogP contribution in [-0.2, 0) is 33.3 Å². The normalized spacial score (nSPS) is 17.1. The summed E-state index contributed by atoms with van der Waals surface area (Å²) in [6.07, 6.45) is 6.23. The van der Waals surface area contributed by atoms with Crippen molar-refractivity contribution in [3.63, 3.8) is 0 Å². The van der Waals surface area contributed by atoms with E-state index >= 15 is 0 Å². The molecule has 1 aliphatic rings. The van der Waals surface area contributed by atoms with E-state index in [9.17, 15) is 19.8 Å². The van der Waals surface area contributed by atoms with E-state index < -0.39 is 11.3 Å². The molecule has 3 rings (SSSR count). The summed E-state index contributed by atoms with van der Waals surface area (Å²) in [4.78, 5) is 25.7. The van der Waals surface area contributed by atoms with Gasteiger partial charge in [-0.05, 0) is 95.9 Å². The molecule has 0 aliphatic heterocycles. The number of phenolic OH excluding ortho intramolecular Hbond substituents is 2. The molecule has 0 saturated carbocycles. The largest absolute Gasteiger partial charge is 0.507 e. The van der Waals surface area contributed by atoms with E-state index in [1.807, 2.05) is 45.9 Å². The second-order valence-corrected chi connectivity index (χ2v) is 14.4. The molecule has 6 heteroatoms. The first kappa shape index (κ1) is 32.1. The molecule has 2 aromatic carbocycles. The molecule has 0 amide bonds. The number of hydrogen-bond donors (Lipinski definition) is 4. The Kier molecular flexibility index (Phi) is 8.90. The Labute approximate surface area is 250 Å². The summed E-state index contributed by atoms with van der Waals surface area (Å²) in [7, 11) is 0. The SMILES string of the molecule is Cc1c(CC2(Cc3cc(C(C)(C)C)c(O)c(C)c3C)C=C(C(=O)S)C=CC2C(=O)S)cc(C(C)(C)C)c(O)c1C. The highest BCUT2D eigenvalue weighted by Gasteiger charge is 2.43. The van der Waals surface area contributed by atoms with Crippen LogP contribution in [0.5, 0.6) is 11.5 Å². The summed E-state index contributed by atoms with van der Waals surface area (Å²) in [5, 5.41) is 21.4. The Balaban J connectivity index is 2.38. The van der Waals surface area contributed by atoms with E-state index in [-0.39, 0.29) is 32.6 Å². The van der Waals surface area contributed by atoms with Gasteiger partial charge >= 0.3 is 0 Å². The summed E-state index contributed by atoms with van der Waals surface area (Å²) >= 11 is 8.46. The molecule has 1 aliphatic carbocycles. The van der Waals surface area contributed by atoms with Crippen LogP contribution in [0.4, 0.5) is 0 Å². The fraction of sp³-hybridized carbons (Fsp3) is 0.471. The van der Waals surface area contributed by atoms with Crippen LogP contribution in [-0.4, -0.2) is 20.4 Å².